The van der Waals surface area contributed by atoms with E-state index in [9.17, 15) is 0 Å². The molecule has 1 fully saturated rings. The molecule has 0 saturated carbocycles. The molecule has 0 unspecified atom stereocenters. The SMILES string of the molecule is ClCc1ccc(N2CCSCC2)nc1. The smallest absolute Gasteiger partial charge is 0.128 e. The average molecular weight is 229 g/mol. The van der Waals surface area contributed by atoms with Crippen molar-refractivity contribution in [2.45, 2.75) is 5.88 Å². The fourth-order valence-corrected chi connectivity index (χ4v) is 2.54. The first kappa shape index (κ1) is 10.1. The number of alkyl halides is 1. The molecule has 0 N–H and O–H groups in total. The van der Waals surface area contributed by atoms with Crippen LogP contribution in [0, 0.1) is 0 Å². The zero-order chi connectivity index (χ0) is 9.80. The summed E-state index contributed by atoms with van der Waals surface area (Å²) in [6, 6.07) is 4.12. The summed E-state index contributed by atoms with van der Waals surface area (Å²) < 4.78 is 0. The van der Waals surface area contributed by atoms with Gasteiger partial charge in [-0.1, -0.05) is 6.07 Å². The maximum absolute atomic E-state index is 5.71. The van der Waals surface area contributed by atoms with E-state index in [2.05, 4.69) is 22.0 Å². The van der Waals surface area contributed by atoms with Gasteiger partial charge in [0.1, 0.15) is 5.82 Å². The van der Waals surface area contributed by atoms with E-state index >= 15 is 0 Å². The highest BCUT2D eigenvalue weighted by Gasteiger charge is 2.11. The lowest BCUT2D eigenvalue weighted by Gasteiger charge is -2.27. The summed E-state index contributed by atoms with van der Waals surface area (Å²) >= 11 is 7.72. The lowest BCUT2D eigenvalue weighted by molar-refractivity contribution is 0.838. The summed E-state index contributed by atoms with van der Waals surface area (Å²) in [6.45, 7) is 2.22. The fraction of sp³-hybridized carbons (Fsp3) is 0.500. The lowest BCUT2D eigenvalue weighted by Crippen LogP contribution is -2.32. The summed E-state index contributed by atoms with van der Waals surface area (Å²) in [5, 5.41) is 0. The Morgan fingerprint density at radius 2 is 2.14 bits per heavy atom. The molecule has 2 heterocycles. The number of rotatable bonds is 2. The van der Waals surface area contributed by atoms with Gasteiger partial charge in [0, 0.05) is 36.7 Å². The highest BCUT2D eigenvalue weighted by molar-refractivity contribution is 7.99. The van der Waals surface area contributed by atoms with Crippen LogP contribution in [0.15, 0.2) is 18.3 Å². The van der Waals surface area contributed by atoms with Gasteiger partial charge in [0.25, 0.3) is 0 Å². The first-order valence-electron chi connectivity index (χ1n) is 4.74. The van der Waals surface area contributed by atoms with Crippen molar-refractivity contribution < 1.29 is 0 Å². The molecule has 0 aliphatic carbocycles. The third kappa shape index (κ3) is 2.34. The Bertz CT molecular complexity index is 283. The number of aromatic nitrogens is 1. The van der Waals surface area contributed by atoms with Gasteiger partial charge in [0.15, 0.2) is 0 Å². The van der Waals surface area contributed by atoms with Crippen LogP contribution in [0.3, 0.4) is 0 Å². The molecule has 1 aromatic heterocycles. The highest BCUT2D eigenvalue weighted by atomic mass is 35.5. The molecule has 0 spiro atoms. The van der Waals surface area contributed by atoms with Crippen LogP contribution in [0.2, 0.25) is 0 Å². The highest BCUT2D eigenvalue weighted by Crippen LogP contribution is 2.17. The maximum Gasteiger partial charge on any atom is 0.128 e. The average Bonchev–Trinajstić information content (AvgIpc) is 2.30. The van der Waals surface area contributed by atoms with Gasteiger partial charge in [0.2, 0.25) is 0 Å². The van der Waals surface area contributed by atoms with Crippen LogP contribution in [0.4, 0.5) is 5.82 Å². The standard InChI is InChI=1S/C10H13ClN2S/c11-7-9-1-2-10(12-8-9)13-3-5-14-6-4-13/h1-2,8H,3-7H2. The van der Waals surface area contributed by atoms with Crippen LogP contribution < -0.4 is 4.90 Å². The molecule has 1 aliphatic rings. The molecule has 2 nitrogen and oxygen atoms in total. The minimum Gasteiger partial charge on any atom is -0.355 e. The number of hydrogen-bond donors (Lipinski definition) is 0. The van der Waals surface area contributed by atoms with E-state index in [1.807, 2.05) is 18.0 Å². The first-order valence-corrected chi connectivity index (χ1v) is 6.42. The molecule has 14 heavy (non-hydrogen) atoms. The summed E-state index contributed by atoms with van der Waals surface area (Å²) in [5.74, 6) is 4.04. The van der Waals surface area contributed by atoms with Crippen LogP contribution >= 0.6 is 23.4 Å². The summed E-state index contributed by atoms with van der Waals surface area (Å²) in [4.78, 5) is 6.73. The minimum atomic E-state index is 0.545. The lowest BCUT2D eigenvalue weighted by atomic mass is 10.3. The summed E-state index contributed by atoms with van der Waals surface area (Å²) in [7, 11) is 0. The van der Waals surface area contributed by atoms with Crippen molar-refractivity contribution in [1.82, 2.24) is 4.98 Å². The quantitative estimate of drug-likeness (QED) is 0.724. The molecular formula is C10H13ClN2S. The Morgan fingerprint density at radius 1 is 1.36 bits per heavy atom. The largest absolute Gasteiger partial charge is 0.355 e. The van der Waals surface area contributed by atoms with Crippen molar-refractivity contribution in [3.05, 3.63) is 23.9 Å². The second-order valence-electron chi connectivity index (χ2n) is 3.26. The Morgan fingerprint density at radius 3 is 2.71 bits per heavy atom. The Labute approximate surface area is 93.7 Å². The number of hydrogen-bond acceptors (Lipinski definition) is 3. The monoisotopic (exact) mass is 228 g/mol. The van der Waals surface area contributed by atoms with Gasteiger partial charge in [-0.15, -0.1) is 11.6 Å². The van der Waals surface area contributed by atoms with Crippen LogP contribution in [-0.2, 0) is 5.88 Å². The minimum absolute atomic E-state index is 0.545. The van der Waals surface area contributed by atoms with Gasteiger partial charge < -0.3 is 4.90 Å². The Balaban J connectivity index is 2.07. The van der Waals surface area contributed by atoms with E-state index < -0.39 is 0 Å². The van der Waals surface area contributed by atoms with Crippen molar-refractivity contribution in [3.8, 4) is 0 Å². The number of nitrogens with zero attached hydrogens (tertiary/aromatic N) is 2. The van der Waals surface area contributed by atoms with Crippen molar-refractivity contribution in [1.29, 1.82) is 0 Å². The van der Waals surface area contributed by atoms with Crippen LogP contribution in [0.25, 0.3) is 0 Å². The Hall–Kier alpha value is -0.410. The second-order valence-corrected chi connectivity index (χ2v) is 4.75. The van der Waals surface area contributed by atoms with Gasteiger partial charge in [-0.25, -0.2) is 4.98 Å². The molecule has 76 valence electrons. The number of thioether (sulfide) groups is 1. The predicted octanol–water partition coefficient (Wildman–Crippen LogP) is 2.37. The number of halogens is 1. The van der Waals surface area contributed by atoms with Crippen molar-refractivity contribution in [2.75, 3.05) is 29.5 Å². The van der Waals surface area contributed by atoms with E-state index in [4.69, 9.17) is 11.6 Å². The van der Waals surface area contributed by atoms with E-state index in [0.717, 1.165) is 24.5 Å². The number of anilines is 1. The van der Waals surface area contributed by atoms with Gasteiger partial charge in [0.05, 0.1) is 0 Å². The van der Waals surface area contributed by atoms with Crippen LogP contribution in [-0.4, -0.2) is 29.6 Å². The van der Waals surface area contributed by atoms with Crippen molar-refractivity contribution in [2.24, 2.45) is 0 Å². The molecule has 0 bridgehead atoms. The predicted molar refractivity (Wildman–Crippen MR) is 63.3 cm³/mol. The molecule has 0 radical (unpaired) electrons. The van der Waals surface area contributed by atoms with E-state index in [1.54, 1.807) is 0 Å². The molecule has 1 aromatic rings. The zero-order valence-electron chi connectivity index (χ0n) is 7.95. The molecule has 2 rings (SSSR count). The van der Waals surface area contributed by atoms with Gasteiger partial charge in [-0.05, 0) is 11.6 Å². The van der Waals surface area contributed by atoms with Gasteiger partial charge in [-0.3, -0.25) is 0 Å². The second kappa shape index (κ2) is 4.89. The molecular weight excluding hydrogens is 216 g/mol. The zero-order valence-corrected chi connectivity index (χ0v) is 9.52. The van der Waals surface area contributed by atoms with E-state index in [1.165, 1.54) is 11.5 Å². The normalized spacial score (nSPS) is 17.1. The summed E-state index contributed by atoms with van der Waals surface area (Å²) in [6.07, 6.45) is 1.87. The van der Waals surface area contributed by atoms with E-state index in [0.29, 0.717) is 5.88 Å². The molecule has 0 aromatic carbocycles. The Kier molecular flexibility index (Phi) is 3.54. The number of pyridine rings is 1. The first-order chi connectivity index (χ1) is 6.90. The third-order valence-electron chi connectivity index (χ3n) is 2.30. The third-order valence-corrected chi connectivity index (χ3v) is 3.55. The van der Waals surface area contributed by atoms with Crippen LogP contribution in [0.1, 0.15) is 5.56 Å². The molecule has 0 amide bonds. The molecule has 1 aliphatic heterocycles. The fourth-order valence-electron chi connectivity index (χ4n) is 1.48. The van der Waals surface area contributed by atoms with Crippen LogP contribution in [0.5, 0.6) is 0 Å². The van der Waals surface area contributed by atoms with Gasteiger partial charge >= 0.3 is 0 Å². The van der Waals surface area contributed by atoms with E-state index in [-0.39, 0.29) is 0 Å². The molecule has 4 heteroatoms. The van der Waals surface area contributed by atoms with Crippen molar-refractivity contribution in [3.63, 3.8) is 0 Å². The summed E-state index contributed by atoms with van der Waals surface area (Å²) in [5.41, 5.74) is 1.09. The molecule has 1 saturated heterocycles. The molecule has 0 atom stereocenters. The maximum atomic E-state index is 5.71. The topological polar surface area (TPSA) is 16.1 Å². The van der Waals surface area contributed by atoms with Gasteiger partial charge in [-0.2, -0.15) is 11.8 Å². The van der Waals surface area contributed by atoms with Crippen molar-refractivity contribution >= 4 is 29.2 Å².